The van der Waals surface area contributed by atoms with E-state index in [0.29, 0.717) is 6.42 Å². The zero-order valence-electron chi connectivity index (χ0n) is 13.3. The number of benzene rings is 1. The van der Waals surface area contributed by atoms with Crippen molar-refractivity contribution < 1.29 is 33.0 Å². The molecule has 0 saturated carbocycles. The lowest BCUT2D eigenvalue weighted by Gasteiger charge is -1.96. The molecule has 1 aromatic rings. The molecule has 0 aromatic heterocycles. The van der Waals surface area contributed by atoms with Gasteiger partial charge >= 0.3 is 18.1 Å². The molecule has 132 valence electrons. The van der Waals surface area contributed by atoms with Gasteiger partial charge in [0, 0.05) is 6.42 Å². The number of unbranched alkanes of at least 4 members (excludes halogenated alkanes) is 1. The van der Waals surface area contributed by atoms with Crippen LogP contribution in [0, 0.1) is 0 Å². The lowest BCUT2D eigenvalue weighted by molar-refractivity contribution is -0.192. The van der Waals surface area contributed by atoms with Crippen LogP contribution in [0.15, 0.2) is 30.3 Å². The summed E-state index contributed by atoms with van der Waals surface area (Å²) >= 11 is 0. The first-order valence-electron chi connectivity index (χ1n) is 7.20. The Morgan fingerprint density at radius 2 is 1.48 bits per heavy atom. The van der Waals surface area contributed by atoms with Gasteiger partial charge in [-0.05, 0) is 24.8 Å². The summed E-state index contributed by atoms with van der Waals surface area (Å²) in [5.41, 5.74) is 1.46. The van der Waals surface area contributed by atoms with Gasteiger partial charge in [0.05, 0.1) is 0 Å². The van der Waals surface area contributed by atoms with Gasteiger partial charge in [-0.1, -0.05) is 50.6 Å². The average molecular weight is 336 g/mol. The summed E-state index contributed by atoms with van der Waals surface area (Å²) in [4.78, 5) is 18.5. The van der Waals surface area contributed by atoms with Gasteiger partial charge in [-0.3, -0.25) is 4.79 Å². The summed E-state index contributed by atoms with van der Waals surface area (Å²) in [7, 11) is 0. The number of carboxylic acids is 2. The van der Waals surface area contributed by atoms with E-state index >= 15 is 0 Å². The monoisotopic (exact) mass is 336 g/mol. The molecule has 7 heteroatoms. The van der Waals surface area contributed by atoms with E-state index in [1.54, 1.807) is 0 Å². The van der Waals surface area contributed by atoms with E-state index < -0.39 is 18.1 Å². The molecule has 0 heterocycles. The van der Waals surface area contributed by atoms with Crippen molar-refractivity contribution in [2.45, 2.75) is 52.1 Å². The van der Waals surface area contributed by atoms with E-state index in [2.05, 4.69) is 37.3 Å². The Morgan fingerprint density at radius 1 is 1.00 bits per heavy atom. The second-order valence-electron chi connectivity index (χ2n) is 4.54. The maximum Gasteiger partial charge on any atom is 0.490 e. The zero-order valence-corrected chi connectivity index (χ0v) is 13.3. The molecular weight excluding hydrogens is 313 g/mol. The molecule has 1 aromatic carbocycles. The third kappa shape index (κ3) is 17.9. The second kappa shape index (κ2) is 13.6. The maximum atomic E-state index is 10.6. The zero-order chi connectivity index (χ0) is 18.3. The Labute approximate surface area is 134 Å². The molecule has 4 nitrogen and oxygen atoms in total. The van der Waals surface area contributed by atoms with Gasteiger partial charge in [-0.15, -0.1) is 0 Å². The highest BCUT2D eigenvalue weighted by Crippen LogP contribution is 2.13. The quantitative estimate of drug-likeness (QED) is 0.828. The smallest absolute Gasteiger partial charge is 0.481 e. The van der Waals surface area contributed by atoms with Crippen molar-refractivity contribution in [2.24, 2.45) is 0 Å². The van der Waals surface area contributed by atoms with Crippen LogP contribution >= 0.6 is 0 Å². The van der Waals surface area contributed by atoms with Gasteiger partial charge in [0.2, 0.25) is 0 Å². The Kier molecular flexibility index (Phi) is 13.7. The summed E-state index contributed by atoms with van der Waals surface area (Å²) in [6.45, 7) is 4.07. The van der Waals surface area contributed by atoms with Crippen molar-refractivity contribution in [3.63, 3.8) is 0 Å². The number of rotatable bonds is 5. The van der Waals surface area contributed by atoms with Gasteiger partial charge in [0.25, 0.3) is 0 Å². The Hall–Kier alpha value is -2.05. The highest BCUT2D eigenvalue weighted by molar-refractivity contribution is 5.73. The van der Waals surface area contributed by atoms with Gasteiger partial charge in [-0.2, -0.15) is 13.2 Å². The first kappa shape index (κ1) is 23.2. The average Bonchev–Trinajstić information content (AvgIpc) is 2.46. The molecule has 0 aliphatic heterocycles. The minimum Gasteiger partial charge on any atom is -0.481 e. The Morgan fingerprint density at radius 3 is 1.74 bits per heavy atom. The van der Waals surface area contributed by atoms with Crippen LogP contribution < -0.4 is 0 Å². The molecule has 0 amide bonds. The molecule has 0 spiro atoms. The van der Waals surface area contributed by atoms with Crippen LogP contribution in [0.2, 0.25) is 0 Å². The normalized spacial score (nSPS) is 9.78. The first-order chi connectivity index (χ1) is 10.6. The number of carboxylic acid groups (broad SMARTS) is 2. The number of hydrogen-bond acceptors (Lipinski definition) is 2. The van der Waals surface area contributed by atoms with Gasteiger partial charge in [0.1, 0.15) is 0 Å². The molecule has 2 N–H and O–H groups in total. The largest absolute Gasteiger partial charge is 0.490 e. The van der Waals surface area contributed by atoms with Crippen molar-refractivity contribution in [3.05, 3.63) is 35.9 Å². The first-order valence-corrected chi connectivity index (χ1v) is 7.20. The van der Waals surface area contributed by atoms with E-state index in [4.69, 9.17) is 15.0 Å². The van der Waals surface area contributed by atoms with E-state index in [-0.39, 0.29) is 0 Å². The third-order valence-electron chi connectivity index (χ3n) is 2.37. The van der Waals surface area contributed by atoms with Crippen molar-refractivity contribution in [1.29, 1.82) is 0 Å². The number of halogens is 3. The van der Waals surface area contributed by atoms with Crippen molar-refractivity contribution in [3.8, 4) is 0 Å². The number of alkyl halides is 3. The molecule has 23 heavy (non-hydrogen) atoms. The van der Waals surface area contributed by atoms with Crippen LogP contribution in [-0.4, -0.2) is 28.3 Å². The van der Waals surface area contributed by atoms with Gasteiger partial charge < -0.3 is 10.2 Å². The molecule has 0 bridgehead atoms. The summed E-state index contributed by atoms with van der Waals surface area (Å²) in [5.74, 6) is -3.47. The van der Waals surface area contributed by atoms with Crippen molar-refractivity contribution >= 4 is 11.9 Å². The summed E-state index contributed by atoms with van der Waals surface area (Å²) in [5, 5.41) is 15.0. The Bertz CT molecular complexity index is 431. The van der Waals surface area contributed by atoms with Crippen molar-refractivity contribution in [1.82, 2.24) is 0 Å². The van der Waals surface area contributed by atoms with E-state index in [1.165, 1.54) is 24.8 Å². The van der Waals surface area contributed by atoms with Crippen LogP contribution in [0.3, 0.4) is 0 Å². The molecule has 0 fully saturated rings. The molecule has 0 aliphatic carbocycles. The molecule has 0 unspecified atom stereocenters. The topological polar surface area (TPSA) is 74.6 Å². The lowest BCUT2D eigenvalue weighted by Crippen LogP contribution is -2.21. The fourth-order valence-corrected chi connectivity index (χ4v) is 1.24. The van der Waals surface area contributed by atoms with Crippen LogP contribution in [0.1, 0.15) is 45.1 Å². The van der Waals surface area contributed by atoms with Crippen LogP contribution in [0.5, 0.6) is 0 Å². The summed E-state index contributed by atoms with van der Waals surface area (Å²) < 4.78 is 31.7. The lowest BCUT2D eigenvalue weighted by atomic mass is 10.1. The molecule has 0 saturated heterocycles. The number of hydrogen-bond donors (Lipinski definition) is 2. The third-order valence-corrected chi connectivity index (χ3v) is 2.37. The van der Waals surface area contributed by atoms with Crippen molar-refractivity contribution in [2.75, 3.05) is 0 Å². The van der Waals surface area contributed by atoms with Crippen LogP contribution in [0.4, 0.5) is 13.2 Å². The number of carbonyl (C=O) groups is 2. The molecular formula is C16H23F3O4. The molecule has 0 atom stereocenters. The summed E-state index contributed by atoms with van der Waals surface area (Å²) in [6, 6.07) is 10.6. The standard InChI is InChI=1S/C10H14.C4H8O2.C2HF3O2/c1-2-3-7-10-8-5-4-6-9-10;1-2-3-4(5)6;3-2(4,5)1(6)7/h4-6,8-9H,2-3,7H2,1H3;2-3H2,1H3,(H,5,6);(H,6,7). The predicted molar refractivity (Wildman–Crippen MR) is 81.3 cm³/mol. The van der Waals surface area contributed by atoms with Gasteiger partial charge in [0.15, 0.2) is 0 Å². The SMILES string of the molecule is CCCC(=O)O.CCCCc1ccccc1.O=C(O)C(F)(F)F. The molecule has 0 radical (unpaired) electrons. The van der Waals surface area contributed by atoms with Gasteiger partial charge in [-0.25, -0.2) is 4.79 Å². The maximum absolute atomic E-state index is 10.6. The van der Waals surface area contributed by atoms with E-state index in [0.717, 1.165) is 6.42 Å². The fourth-order valence-electron chi connectivity index (χ4n) is 1.24. The van der Waals surface area contributed by atoms with Crippen LogP contribution in [0.25, 0.3) is 0 Å². The minimum absolute atomic E-state index is 0.292. The highest BCUT2D eigenvalue weighted by atomic mass is 19.4. The number of aliphatic carboxylic acids is 2. The minimum atomic E-state index is -5.08. The predicted octanol–water partition coefficient (Wildman–Crippen LogP) is 4.53. The van der Waals surface area contributed by atoms with E-state index in [9.17, 15) is 18.0 Å². The van der Waals surface area contributed by atoms with Crippen LogP contribution in [-0.2, 0) is 16.0 Å². The van der Waals surface area contributed by atoms with E-state index in [1.807, 2.05) is 6.92 Å². The highest BCUT2D eigenvalue weighted by Gasteiger charge is 2.38. The fraction of sp³-hybridized carbons (Fsp3) is 0.500. The summed E-state index contributed by atoms with van der Waals surface area (Å²) in [6.07, 6.45) is -0.231. The molecule has 1 rings (SSSR count). The number of aryl methyl sites for hydroxylation is 1. The Balaban J connectivity index is 0. The molecule has 0 aliphatic rings. The second-order valence-corrected chi connectivity index (χ2v) is 4.54.